The van der Waals surface area contributed by atoms with Gasteiger partial charge in [0, 0.05) is 6.54 Å². The number of hydrogen-bond donors (Lipinski definition) is 2. The van der Waals surface area contributed by atoms with Crippen molar-refractivity contribution in [1.29, 1.82) is 0 Å². The summed E-state index contributed by atoms with van der Waals surface area (Å²) in [6.45, 7) is 2.65. The summed E-state index contributed by atoms with van der Waals surface area (Å²) in [6, 6.07) is 17.6. The molecular formula is C22H29N3O2. The second kappa shape index (κ2) is 9.53. The van der Waals surface area contributed by atoms with Crippen molar-refractivity contribution in [2.24, 2.45) is 5.73 Å². The molecule has 2 unspecified atom stereocenters. The van der Waals surface area contributed by atoms with Crippen LogP contribution >= 0.6 is 0 Å². The third-order valence-electron chi connectivity index (χ3n) is 5.16. The molecule has 0 radical (unpaired) electrons. The van der Waals surface area contributed by atoms with Crippen LogP contribution in [0.2, 0.25) is 0 Å². The molecule has 27 heavy (non-hydrogen) atoms. The summed E-state index contributed by atoms with van der Waals surface area (Å²) in [5.74, 6) is 0.731. The average Bonchev–Trinajstić information content (AvgIpc) is 3.23. The van der Waals surface area contributed by atoms with E-state index >= 15 is 0 Å². The van der Waals surface area contributed by atoms with Gasteiger partial charge in [0.2, 0.25) is 5.91 Å². The van der Waals surface area contributed by atoms with E-state index < -0.39 is 6.04 Å². The topological polar surface area (TPSA) is 67.6 Å². The van der Waals surface area contributed by atoms with Crippen molar-refractivity contribution in [2.45, 2.75) is 31.3 Å². The molecule has 0 spiro atoms. The summed E-state index contributed by atoms with van der Waals surface area (Å²) in [7, 11) is 1.67. The van der Waals surface area contributed by atoms with Gasteiger partial charge in [0.25, 0.3) is 0 Å². The Hall–Kier alpha value is -2.37. The molecule has 144 valence electrons. The second-order valence-corrected chi connectivity index (χ2v) is 7.08. The van der Waals surface area contributed by atoms with Gasteiger partial charge in [-0.3, -0.25) is 9.69 Å². The van der Waals surface area contributed by atoms with Crippen molar-refractivity contribution in [3.05, 3.63) is 65.7 Å². The third kappa shape index (κ3) is 5.31. The minimum Gasteiger partial charge on any atom is -0.497 e. The van der Waals surface area contributed by atoms with Gasteiger partial charge in [0.05, 0.1) is 19.2 Å². The van der Waals surface area contributed by atoms with Gasteiger partial charge in [0.1, 0.15) is 5.75 Å². The molecular weight excluding hydrogens is 338 g/mol. The number of nitrogens with two attached hydrogens (primary N) is 1. The fourth-order valence-electron chi connectivity index (χ4n) is 3.65. The van der Waals surface area contributed by atoms with Gasteiger partial charge in [-0.05, 0) is 55.6 Å². The van der Waals surface area contributed by atoms with Crippen molar-refractivity contribution < 1.29 is 9.53 Å². The molecule has 2 aromatic carbocycles. The Morgan fingerprint density at radius 1 is 1.15 bits per heavy atom. The van der Waals surface area contributed by atoms with Gasteiger partial charge in [-0.1, -0.05) is 42.5 Å². The molecule has 3 N–H and O–H groups in total. The van der Waals surface area contributed by atoms with E-state index in [1.165, 1.54) is 12.8 Å². The second-order valence-electron chi connectivity index (χ2n) is 7.08. The predicted octanol–water partition coefficient (Wildman–Crippen LogP) is 2.52. The zero-order valence-corrected chi connectivity index (χ0v) is 15.9. The minimum absolute atomic E-state index is 0.106. The number of nitrogens with one attached hydrogen (secondary N) is 1. The molecule has 0 aliphatic carbocycles. The van der Waals surface area contributed by atoms with Gasteiger partial charge in [0.15, 0.2) is 0 Å². The number of nitrogens with zero attached hydrogens (tertiary/aromatic N) is 1. The minimum atomic E-state index is -0.545. The fourth-order valence-corrected chi connectivity index (χ4v) is 3.65. The first-order valence-electron chi connectivity index (χ1n) is 9.62. The van der Waals surface area contributed by atoms with Gasteiger partial charge in [-0.15, -0.1) is 0 Å². The summed E-state index contributed by atoms with van der Waals surface area (Å²) in [4.78, 5) is 15.0. The summed E-state index contributed by atoms with van der Waals surface area (Å²) >= 11 is 0. The molecule has 5 nitrogen and oxygen atoms in total. The molecule has 1 saturated heterocycles. The largest absolute Gasteiger partial charge is 0.497 e. The molecule has 2 atom stereocenters. The van der Waals surface area contributed by atoms with Crippen LogP contribution in [0.5, 0.6) is 5.75 Å². The predicted molar refractivity (Wildman–Crippen MR) is 108 cm³/mol. The first-order chi connectivity index (χ1) is 13.2. The Labute approximate surface area is 161 Å². The number of likely N-dealkylation sites (tertiary alicyclic amines) is 1. The number of benzene rings is 2. The Balaban J connectivity index is 1.64. The summed E-state index contributed by atoms with van der Waals surface area (Å²) in [5.41, 5.74) is 8.36. The molecule has 0 saturated carbocycles. The van der Waals surface area contributed by atoms with Crippen LogP contribution in [-0.4, -0.2) is 43.6 Å². The van der Waals surface area contributed by atoms with Crippen molar-refractivity contribution in [1.82, 2.24) is 10.2 Å². The molecule has 3 rings (SSSR count). The maximum Gasteiger partial charge on any atom is 0.237 e. The molecule has 1 aliphatic heterocycles. The van der Waals surface area contributed by atoms with Crippen LogP contribution < -0.4 is 15.8 Å². The van der Waals surface area contributed by atoms with Crippen molar-refractivity contribution in [3.8, 4) is 5.75 Å². The summed E-state index contributed by atoms with van der Waals surface area (Å²) in [6.07, 6.45) is 2.93. The van der Waals surface area contributed by atoms with Gasteiger partial charge in [-0.2, -0.15) is 0 Å². The van der Waals surface area contributed by atoms with E-state index in [4.69, 9.17) is 10.5 Å². The number of rotatable bonds is 8. The molecule has 1 amide bonds. The molecule has 1 heterocycles. The highest BCUT2D eigenvalue weighted by atomic mass is 16.5. The maximum atomic E-state index is 12.5. The highest BCUT2D eigenvalue weighted by Gasteiger charge is 2.25. The fraction of sp³-hybridized carbons (Fsp3) is 0.409. The van der Waals surface area contributed by atoms with Crippen LogP contribution in [0, 0.1) is 0 Å². The normalized spacial score (nSPS) is 16.7. The van der Waals surface area contributed by atoms with E-state index in [-0.39, 0.29) is 11.9 Å². The van der Waals surface area contributed by atoms with Crippen LogP contribution in [0.25, 0.3) is 0 Å². The van der Waals surface area contributed by atoms with E-state index in [1.807, 2.05) is 42.5 Å². The number of hydrogen-bond acceptors (Lipinski definition) is 4. The number of amides is 1. The highest BCUT2D eigenvalue weighted by molar-refractivity contribution is 5.81. The zero-order valence-electron chi connectivity index (χ0n) is 15.9. The van der Waals surface area contributed by atoms with Gasteiger partial charge in [-0.25, -0.2) is 0 Å². The van der Waals surface area contributed by atoms with Crippen LogP contribution in [0.3, 0.4) is 0 Å². The quantitative estimate of drug-likeness (QED) is 0.752. The first-order valence-corrected chi connectivity index (χ1v) is 9.62. The lowest BCUT2D eigenvalue weighted by atomic mass is 10.0. The summed E-state index contributed by atoms with van der Waals surface area (Å²) < 4.78 is 5.37. The summed E-state index contributed by atoms with van der Waals surface area (Å²) in [5, 5.41) is 3.07. The zero-order chi connectivity index (χ0) is 19.1. The number of ether oxygens (including phenoxy) is 1. The van der Waals surface area contributed by atoms with Crippen molar-refractivity contribution in [3.63, 3.8) is 0 Å². The molecule has 0 aromatic heterocycles. The third-order valence-corrected chi connectivity index (χ3v) is 5.16. The average molecular weight is 367 g/mol. The Kier molecular flexibility index (Phi) is 6.85. The monoisotopic (exact) mass is 367 g/mol. The van der Waals surface area contributed by atoms with Crippen molar-refractivity contribution >= 4 is 5.91 Å². The van der Waals surface area contributed by atoms with E-state index in [2.05, 4.69) is 22.3 Å². The van der Waals surface area contributed by atoms with Crippen LogP contribution in [0.4, 0.5) is 0 Å². The molecule has 1 fully saturated rings. The molecule has 1 aliphatic rings. The first kappa shape index (κ1) is 19.4. The number of methoxy groups -OCH3 is 1. The lowest BCUT2D eigenvalue weighted by molar-refractivity contribution is -0.122. The SMILES string of the molecule is COc1cccc(C(CNC(=O)C(N)Cc2ccccc2)N2CCCC2)c1. The van der Waals surface area contributed by atoms with Crippen LogP contribution in [-0.2, 0) is 11.2 Å². The van der Waals surface area contributed by atoms with E-state index in [0.717, 1.165) is 30.0 Å². The van der Waals surface area contributed by atoms with Crippen LogP contribution in [0.1, 0.15) is 30.0 Å². The highest BCUT2D eigenvalue weighted by Crippen LogP contribution is 2.27. The van der Waals surface area contributed by atoms with E-state index in [0.29, 0.717) is 13.0 Å². The van der Waals surface area contributed by atoms with E-state index in [9.17, 15) is 4.79 Å². The Morgan fingerprint density at radius 2 is 1.89 bits per heavy atom. The van der Waals surface area contributed by atoms with Gasteiger partial charge >= 0.3 is 0 Å². The molecule has 2 aromatic rings. The van der Waals surface area contributed by atoms with Crippen molar-refractivity contribution in [2.75, 3.05) is 26.7 Å². The lowest BCUT2D eigenvalue weighted by Crippen LogP contribution is -2.45. The number of carbonyl (C=O) groups excluding carboxylic acids is 1. The van der Waals surface area contributed by atoms with E-state index in [1.54, 1.807) is 7.11 Å². The lowest BCUT2D eigenvalue weighted by Gasteiger charge is -2.29. The Morgan fingerprint density at radius 3 is 2.59 bits per heavy atom. The smallest absolute Gasteiger partial charge is 0.237 e. The number of carbonyl (C=O) groups is 1. The molecule has 5 heteroatoms. The standard InChI is InChI=1S/C22H29N3O2/c1-27-19-11-7-10-18(15-19)21(25-12-5-6-13-25)16-24-22(26)20(23)14-17-8-3-2-4-9-17/h2-4,7-11,15,20-21H,5-6,12-14,16,23H2,1H3,(H,24,26). The van der Waals surface area contributed by atoms with Gasteiger partial charge < -0.3 is 15.8 Å². The maximum absolute atomic E-state index is 12.5. The Bertz CT molecular complexity index is 729. The van der Waals surface area contributed by atoms with Crippen LogP contribution in [0.15, 0.2) is 54.6 Å². The molecule has 0 bridgehead atoms.